The molecule has 0 fully saturated rings. The van der Waals surface area contributed by atoms with E-state index in [1.165, 1.54) is 0 Å². The Bertz CT molecular complexity index is 639. The molecular weight excluding hydrogens is 284 g/mol. The summed E-state index contributed by atoms with van der Waals surface area (Å²) in [5.74, 6) is 0.583. The van der Waals surface area contributed by atoms with Crippen molar-refractivity contribution < 1.29 is 4.79 Å². The Morgan fingerprint density at radius 2 is 2.29 bits per heavy atom. The van der Waals surface area contributed by atoms with Gasteiger partial charge in [0.05, 0.1) is 17.8 Å². The van der Waals surface area contributed by atoms with Crippen molar-refractivity contribution in [2.45, 2.75) is 12.5 Å². The predicted molar refractivity (Wildman–Crippen MR) is 88.5 cm³/mol. The zero-order valence-corrected chi connectivity index (χ0v) is 12.6. The van der Waals surface area contributed by atoms with Crippen LogP contribution in [0.2, 0.25) is 0 Å². The maximum atomic E-state index is 11.7. The monoisotopic (exact) mass is 302 g/mol. The molecule has 1 amide bonds. The van der Waals surface area contributed by atoms with Crippen LogP contribution in [0.15, 0.2) is 41.6 Å². The third kappa shape index (κ3) is 4.27. The molecule has 0 spiro atoms. The van der Waals surface area contributed by atoms with Gasteiger partial charge in [-0.1, -0.05) is 24.3 Å². The molecule has 1 heterocycles. The number of nitrogens with two attached hydrogens (primary N) is 1. The number of hydrogen-bond acceptors (Lipinski definition) is 5. The zero-order valence-electron chi connectivity index (χ0n) is 11.8. The molecule has 0 aliphatic heterocycles. The Hall–Kier alpha value is -1.92. The number of fused-ring (bicyclic) bond motifs is 1. The van der Waals surface area contributed by atoms with Crippen LogP contribution in [0.4, 0.5) is 0 Å². The first-order chi connectivity index (χ1) is 10.2. The van der Waals surface area contributed by atoms with Crippen molar-refractivity contribution in [1.29, 1.82) is 0 Å². The van der Waals surface area contributed by atoms with E-state index in [9.17, 15) is 4.79 Å². The second-order valence-corrected chi connectivity index (χ2v) is 5.53. The number of amides is 1. The van der Waals surface area contributed by atoms with Gasteiger partial charge < -0.3 is 5.73 Å². The fourth-order valence-electron chi connectivity index (χ4n) is 1.86. The first kappa shape index (κ1) is 15.5. The summed E-state index contributed by atoms with van der Waals surface area (Å²) in [7, 11) is 0. The van der Waals surface area contributed by atoms with Gasteiger partial charge in [0, 0.05) is 17.1 Å². The van der Waals surface area contributed by atoms with E-state index in [1.54, 1.807) is 24.2 Å². The van der Waals surface area contributed by atoms with Crippen LogP contribution in [0.1, 0.15) is 12.0 Å². The van der Waals surface area contributed by atoms with Gasteiger partial charge in [0.25, 0.3) is 5.91 Å². The van der Waals surface area contributed by atoms with Crippen molar-refractivity contribution in [3.63, 3.8) is 0 Å². The van der Waals surface area contributed by atoms with Gasteiger partial charge in [0.1, 0.15) is 0 Å². The van der Waals surface area contributed by atoms with Gasteiger partial charge in [-0.25, -0.2) is 5.43 Å². The molecule has 21 heavy (non-hydrogen) atoms. The van der Waals surface area contributed by atoms with E-state index in [-0.39, 0.29) is 5.91 Å². The van der Waals surface area contributed by atoms with E-state index in [1.807, 2.05) is 36.6 Å². The number of thioether (sulfide) groups is 1. The molecule has 2 aromatic rings. The van der Waals surface area contributed by atoms with E-state index in [0.29, 0.717) is 6.42 Å². The van der Waals surface area contributed by atoms with Crippen LogP contribution in [0.3, 0.4) is 0 Å². The van der Waals surface area contributed by atoms with Crippen molar-refractivity contribution in [1.82, 2.24) is 10.4 Å². The number of benzene rings is 1. The van der Waals surface area contributed by atoms with Gasteiger partial charge in [-0.2, -0.15) is 16.9 Å². The summed E-state index contributed by atoms with van der Waals surface area (Å²) in [6.07, 6.45) is 5.94. The Labute approximate surface area is 128 Å². The number of para-hydroxylation sites is 1. The summed E-state index contributed by atoms with van der Waals surface area (Å²) in [5, 5.41) is 5.00. The van der Waals surface area contributed by atoms with Gasteiger partial charge in [0.15, 0.2) is 0 Å². The number of carbonyl (C=O) groups excluding carboxylic acids is 1. The number of rotatable bonds is 6. The number of nitrogens with zero attached hydrogens (tertiary/aromatic N) is 2. The maximum absolute atomic E-state index is 11.7. The third-order valence-corrected chi connectivity index (χ3v) is 3.66. The SMILES string of the molecule is CSCC[C@H](N)C(=O)N/N=C/c1cccc2cccnc12. The summed E-state index contributed by atoms with van der Waals surface area (Å²) >= 11 is 1.66. The lowest BCUT2D eigenvalue weighted by Crippen LogP contribution is -2.38. The van der Waals surface area contributed by atoms with E-state index in [0.717, 1.165) is 22.2 Å². The zero-order chi connectivity index (χ0) is 15.1. The Kier molecular flexibility index (Phi) is 5.71. The van der Waals surface area contributed by atoms with Crippen molar-refractivity contribution in [2.24, 2.45) is 10.8 Å². The smallest absolute Gasteiger partial charge is 0.256 e. The van der Waals surface area contributed by atoms with Gasteiger partial charge in [-0.3, -0.25) is 9.78 Å². The molecule has 1 aromatic heterocycles. The quantitative estimate of drug-likeness (QED) is 0.629. The minimum absolute atomic E-state index is 0.270. The molecule has 0 saturated carbocycles. The summed E-state index contributed by atoms with van der Waals surface area (Å²) in [6, 6.07) is 9.15. The molecule has 0 aliphatic carbocycles. The number of nitrogens with one attached hydrogen (secondary N) is 1. The molecule has 0 unspecified atom stereocenters. The average Bonchev–Trinajstić information content (AvgIpc) is 2.52. The van der Waals surface area contributed by atoms with Crippen LogP contribution >= 0.6 is 11.8 Å². The molecule has 110 valence electrons. The number of pyridine rings is 1. The van der Waals surface area contributed by atoms with Crippen LogP contribution in [0.5, 0.6) is 0 Å². The number of carbonyl (C=O) groups is 1. The normalized spacial score (nSPS) is 12.7. The topological polar surface area (TPSA) is 80.4 Å². The van der Waals surface area contributed by atoms with E-state index >= 15 is 0 Å². The number of hydrogen-bond donors (Lipinski definition) is 2. The van der Waals surface area contributed by atoms with Gasteiger partial charge in [0.2, 0.25) is 0 Å². The molecule has 0 radical (unpaired) electrons. The lowest BCUT2D eigenvalue weighted by atomic mass is 10.1. The van der Waals surface area contributed by atoms with Crippen LogP contribution < -0.4 is 11.2 Å². The minimum atomic E-state index is -0.528. The largest absolute Gasteiger partial charge is 0.320 e. The van der Waals surface area contributed by atoms with Crippen LogP contribution in [0, 0.1) is 0 Å². The molecule has 5 nitrogen and oxygen atoms in total. The highest BCUT2D eigenvalue weighted by Gasteiger charge is 2.11. The van der Waals surface area contributed by atoms with Crippen molar-refractivity contribution in [3.05, 3.63) is 42.1 Å². The maximum Gasteiger partial charge on any atom is 0.256 e. The molecule has 6 heteroatoms. The highest BCUT2D eigenvalue weighted by molar-refractivity contribution is 7.98. The number of hydrazone groups is 1. The molecule has 0 aliphatic rings. The fraction of sp³-hybridized carbons (Fsp3) is 0.267. The molecule has 0 bridgehead atoms. The lowest BCUT2D eigenvalue weighted by molar-refractivity contribution is -0.122. The standard InChI is InChI=1S/C15H18N4OS/c1-21-9-7-13(16)15(20)19-18-10-12-5-2-4-11-6-3-8-17-14(11)12/h2-6,8,10,13H,7,9,16H2,1H3,(H,19,20)/b18-10+/t13-/m0/s1. The van der Waals surface area contributed by atoms with Crippen molar-refractivity contribution >= 4 is 34.8 Å². The summed E-state index contributed by atoms with van der Waals surface area (Å²) in [4.78, 5) is 16.1. The van der Waals surface area contributed by atoms with Gasteiger partial charge >= 0.3 is 0 Å². The van der Waals surface area contributed by atoms with E-state index in [4.69, 9.17) is 5.73 Å². The first-order valence-electron chi connectivity index (χ1n) is 6.63. The molecule has 2 rings (SSSR count). The Balaban J connectivity index is 2.02. The first-order valence-corrected chi connectivity index (χ1v) is 8.03. The van der Waals surface area contributed by atoms with Crippen molar-refractivity contribution in [3.8, 4) is 0 Å². The van der Waals surface area contributed by atoms with Crippen LogP contribution in [-0.2, 0) is 4.79 Å². The average molecular weight is 302 g/mol. The highest BCUT2D eigenvalue weighted by Crippen LogP contribution is 2.13. The predicted octanol–water partition coefficient (Wildman–Crippen LogP) is 1.77. The van der Waals surface area contributed by atoms with Crippen molar-refractivity contribution in [2.75, 3.05) is 12.0 Å². The molecular formula is C15H18N4OS. The second kappa shape index (κ2) is 7.75. The molecule has 0 saturated heterocycles. The fourth-order valence-corrected chi connectivity index (χ4v) is 2.35. The number of aromatic nitrogens is 1. The molecule has 1 atom stereocenters. The van der Waals surface area contributed by atoms with Gasteiger partial charge in [-0.05, 0) is 24.5 Å². The van der Waals surface area contributed by atoms with Gasteiger partial charge in [-0.15, -0.1) is 0 Å². The third-order valence-electron chi connectivity index (χ3n) is 3.01. The molecule has 3 N–H and O–H groups in total. The van der Waals surface area contributed by atoms with E-state index < -0.39 is 6.04 Å². The summed E-state index contributed by atoms with van der Waals surface area (Å²) in [6.45, 7) is 0. The summed E-state index contributed by atoms with van der Waals surface area (Å²) in [5.41, 5.74) is 9.94. The molecule has 1 aromatic carbocycles. The second-order valence-electron chi connectivity index (χ2n) is 4.54. The Morgan fingerprint density at radius 1 is 1.48 bits per heavy atom. The summed E-state index contributed by atoms with van der Waals surface area (Å²) < 4.78 is 0. The van der Waals surface area contributed by atoms with Crippen LogP contribution in [0.25, 0.3) is 10.9 Å². The minimum Gasteiger partial charge on any atom is -0.320 e. The van der Waals surface area contributed by atoms with E-state index in [2.05, 4.69) is 15.5 Å². The lowest BCUT2D eigenvalue weighted by Gasteiger charge is -2.08. The highest BCUT2D eigenvalue weighted by atomic mass is 32.2. The van der Waals surface area contributed by atoms with Crippen LogP contribution in [-0.4, -0.2) is 35.2 Å². The Morgan fingerprint density at radius 3 is 3.10 bits per heavy atom.